The van der Waals surface area contributed by atoms with E-state index in [0.717, 1.165) is 31.6 Å². The van der Waals surface area contributed by atoms with Gasteiger partial charge in [-0.15, -0.1) is 0 Å². The van der Waals surface area contributed by atoms with Gasteiger partial charge in [0.05, 0.1) is 11.6 Å². The molecule has 0 aromatic heterocycles. The first-order chi connectivity index (χ1) is 8.54. The first kappa shape index (κ1) is 15.9. The van der Waals surface area contributed by atoms with Crippen molar-refractivity contribution in [3.05, 3.63) is 0 Å². The van der Waals surface area contributed by atoms with Crippen molar-refractivity contribution in [2.45, 2.75) is 63.9 Å². The van der Waals surface area contributed by atoms with E-state index in [1.54, 1.807) is 14.2 Å². The predicted molar refractivity (Wildman–Crippen MR) is 72.5 cm³/mol. The third kappa shape index (κ3) is 4.50. The van der Waals surface area contributed by atoms with Crippen molar-refractivity contribution in [3.63, 3.8) is 0 Å². The molecule has 0 radical (unpaired) electrons. The summed E-state index contributed by atoms with van der Waals surface area (Å²) in [5, 5.41) is 13.8. The first-order valence-corrected chi connectivity index (χ1v) is 7.06. The Bertz CT molecular complexity index is 223. The standard InChI is InChI=1S/C14H29NO3/c1-5-12-6-8-14(16,9-7-12)10-15-11(2)13(17-3)18-4/h11-13,15-16H,5-10H2,1-4H3. The van der Waals surface area contributed by atoms with Gasteiger partial charge in [-0.3, -0.25) is 0 Å². The molecular formula is C14H29NO3. The number of hydrogen-bond acceptors (Lipinski definition) is 4. The SMILES string of the molecule is CCC1CCC(O)(CNC(C)C(OC)OC)CC1. The van der Waals surface area contributed by atoms with E-state index in [4.69, 9.17) is 9.47 Å². The highest BCUT2D eigenvalue weighted by Crippen LogP contribution is 2.33. The largest absolute Gasteiger partial charge is 0.389 e. The van der Waals surface area contributed by atoms with Gasteiger partial charge in [0.15, 0.2) is 6.29 Å². The van der Waals surface area contributed by atoms with E-state index in [9.17, 15) is 5.11 Å². The molecule has 4 heteroatoms. The molecule has 0 saturated heterocycles. The van der Waals surface area contributed by atoms with E-state index >= 15 is 0 Å². The zero-order chi connectivity index (χ0) is 13.6. The van der Waals surface area contributed by atoms with Gasteiger partial charge < -0.3 is 19.9 Å². The molecule has 0 aromatic rings. The van der Waals surface area contributed by atoms with Crippen LogP contribution in [-0.2, 0) is 9.47 Å². The van der Waals surface area contributed by atoms with Gasteiger partial charge in [0.2, 0.25) is 0 Å². The highest BCUT2D eigenvalue weighted by molar-refractivity contribution is 4.88. The summed E-state index contributed by atoms with van der Waals surface area (Å²) in [6, 6.07) is 0.0768. The van der Waals surface area contributed by atoms with Crippen molar-refractivity contribution < 1.29 is 14.6 Å². The Labute approximate surface area is 111 Å². The van der Waals surface area contributed by atoms with Crippen LogP contribution < -0.4 is 5.32 Å². The Morgan fingerprint density at radius 1 is 1.28 bits per heavy atom. The molecule has 4 nitrogen and oxygen atoms in total. The molecule has 1 aliphatic carbocycles. The van der Waals surface area contributed by atoms with Crippen LogP contribution in [0.5, 0.6) is 0 Å². The zero-order valence-corrected chi connectivity index (χ0v) is 12.2. The number of hydrogen-bond donors (Lipinski definition) is 2. The molecule has 1 aliphatic rings. The Morgan fingerprint density at radius 3 is 2.28 bits per heavy atom. The van der Waals surface area contributed by atoms with E-state index < -0.39 is 5.60 Å². The molecule has 0 bridgehead atoms. The van der Waals surface area contributed by atoms with E-state index in [0.29, 0.717) is 6.54 Å². The van der Waals surface area contributed by atoms with Crippen LogP contribution in [0.2, 0.25) is 0 Å². The third-order valence-corrected chi connectivity index (χ3v) is 4.24. The number of ether oxygens (including phenoxy) is 2. The minimum absolute atomic E-state index is 0.0768. The lowest BCUT2D eigenvalue weighted by molar-refractivity contribution is -0.123. The molecular weight excluding hydrogens is 230 g/mol. The molecule has 0 aromatic carbocycles. The van der Waals surface area contributed by atoms with Gasteiger partial charge in [-0.1, -0.05) is 13.3 Å². The Hall–Kier alpha value is -0.160. The Morgan fingerprint density at radius 2 is 1.83 bits per heavy atom. The molecule has 1 saturated carbocycles. The summed E-state index contributed by atoms with van der Waals surface area (Å²) in [5.41, 5.74) is -0.550. The molecule has 1 atom stereocenters. The molecule has 1 unspecified atom stereocenters. The van der Waals surface area contributed by atoms with Gasteiger partial charge in [-0.2, -0.15) is 0 Å². The van der Waals surface area contributed by atoms with Gasteiger partial charge in [0, 0.05) is 20.8 Å². The van der Waals surface area contributed by atoms with Crippen molar-refractivity contribution in [1.29, 1.82) is 0 Å². The number of rotatable bonds is 7. The molecule has 108 valence electrons. The minimum atomic E-state index is -0.550. The average Bonchev–Trinajstić information content (AvgIpc) is 2.39. The van der Waals surface area contributed by atoms with E-state index in [2.05, 4.69) is 12.2 Å². The van der Waals surface area contributed by atoms with Gasteiger partial charge in [0.1, 0.15) is 0 Å². The minimum Gasteiger partial charge on any atom is -0.389 e. The normalized spacial score (nSPS) is 30.7. The lowest BCUT2D eigenvalue weighted by Gasteiger charge is -2.37. The van der Waals surface area contributed by atoms with Crippen LogP contribution in [0, 0.1) is 5.92 Å². The van der Waals surface area contributed by atoms with Crippen molar-refractivity contribution in [1.82, 2.24) is 5.32 Å². The second kappa shape index (κ2) is 7.43. The quantitative estimate of drug-likeness (QED) is 0.686. The maximum Gasteiger partial charge on any atom is 0.171 e. The zero-order valence-electron chi connectivity index (χ0n) is 12.2. The monoisotopic (exact) mass is 259 g/mol. The van der Waals surface area contributed by atoms with Crippen molar-refractivity contribution >= 4 is 0 Å². The van der Waals surface area contributed by atoms with Gasteiger partial charge >= 0.3 is 0 Å². The van der Waals surface area contributed by atoms with Gasteiger partial charge in [0.25, 0.3) is 0 Å². The van der Waals surface area contributed by atoms with Gasteiger partial charge in [-0.25, -0.2) is 0 Å². The van der Waals surface area contributed by atoms with Crippen molar-refractivity contribution in [2.24, 2.45) is 5.92 Å². The molecule has 0 heterocycles. The smallest absolute Gasteiger partial charge is 0.171 e. The average molecular weight is 259 g/mol. The second-order valence-corrected chi connectivity index (χ2v) is 5.59. The van der Waals surface area contributed by atoms with Crippen LogP contribution in [0.1, 0.15) is 46.0 Å². The summed E-state index contributed by atoms with van der Waals surface area (Å²) in [7, 11) is 3.26. The molecule has 1 rings (SSSR count). The molecule has 1 fully saturated rings. The van der Waals surface area contributed by atoms with Crippen molar-refractivity contribution in [3.8, 4) is 0 Å². The first-order valence-electron chi connectivity index (χ1n) is 7.06. The summed E-state index contributed by atoms with van der Waals surface area (Å²) >= 11 is 0. The predicted octanol–water partition coefficient (Wildman–Crippen LogP) is 1.91. The molecule has 0 amide bonds. The fourth-order valence-corrected chi connectivity index (χ4v) is 2.75. The lowest BCUT2D eigenvalue weighted by Crippen LogP contribution is -2.49. The van der Waals surface area contributed by atoms with Crippen molar-refractivity contribution in [2.75, 3.05) is 20.8 Å². The third-order valence-electron chi connectivity index (χ3n) is 4.24. The summed E-state index contributed by atoms with van der Waals surface area (Å²) in [6.45, 7) is 4.86. The summed E-state index contributed by atoms with van der Waals surface area (Å²) in [5.74, 6) is 0.799. The molecule has 0 aliphatic heterocycles. The Balaban J connectivity index is 2.34. The highest BCUT2D eigenvalue weighted by atomic mass is 16.7. The maximum atomic E-state index is 10.5. The summed E-state index contributed by atoms with van der Waals surface area (Å²) in [4.78, 5) is 0. The molecule has 0 spiro atoms. The van der Waals surface area contributed by atoms with Crippen LogP contribution in [-0.4, -0.2) is 43.8 Å². The van der Waals surface area contributed by atoms with E-state index in [1.165, 1.54) is 6.42 Å². The fourth-order valence-electron chi connectivity index (χ4n) is 2.75. The fraction of sp³-hybridized carbons (Fsp3) is 1.00. The second-order valence-electron chi connectivity index (χ2n) is 5.59. The van der Waals surface area contributed by atoms with E-state index in [-0.39, 0.29) is 12.3 Å². The topological polar surface area (TPSA) is 50.7 Å². The van der Waals surface area contributed by atoms with Crippen LogP contribution >= 0.6 is 0 Å². The number of nitrogens with one attached hydrogen (secondary N) is 1. The van der Waals surface area contributed by atoms with Crippen LogP contribution in [0.4, 0.5) is 0 Å². The lowest BCUT2D eigenvalue weighted by atomic mass is 9.78. The highest BCUT2D eigenvalue weighted by Gasteiger charge is 2.33. The molecule has 18 heavy (non-hydrogen) atoms. The summed E-state index contributed by atoms with van der Waals surface area (Å²) in [6.07, 6.45) is 5.05. The van der Waals surface area contributed by atoms with Crippen LogP contribution in [0.3, 0.4) is 0 Å². The van der Waals surface area contributed by atoms with E-state index in [1.807, 2.05) is 6.92 Å². The maximum absolute atomic E-state index is 10.5. The number of methoxy groups -OCH3 is 2. The molecule has 2 N–H and O–H groups in total. The van der Waals surface area contributed by atoms with Gasteiger partial charge in [-0.05, 0) is 38.5 Å². The van der Waals surface area contributed by atoms with Crippen LogP contribution in [0.25, 0.3) is 0 Å². The van der Waals surface area contributed by atoms with Crippen LogP contribution in [0.15, 0.2) is 0 Å². The summed E-state index contributed by atoms with van der Waals surface area (Å²) < 4.78 is 10.4. The Kier molecular flexibility index (Phi) is 6.57. The number of aliphatic hydroxyl groups is 1.